The van der Waals surface area contributed by atoms with Crippen LogP contribution >= 0.6 is 0 Å². The fourth-order valence-electron chi connectivity index (χ4n) is 3.77. The molecule has 0 amide bonds. The number of aliphatic hydroxyl groups excluding tert-OH is 1. The molecule has 1 aliphatic rings. The Bertz CT molecular complexity index is 1340. The van der Waals surface area contributed by atoms with Crippen molar-refractivity contribution in [3.05, 3.63) is 83.9 Å². The molecule has 1 unspecified atom stereocenters. The second kappa shape index (κ2) is 8.23. The molecular formula is C23H24N2O5S2. The zero-order valence-corrected chi connectivity index (χ0v) is 19.3. The second-order valence-corrected chi connectivity index (χ2v) is 11.5. The van der Waals surface area contributed by atoms with E-state index in [1.54, 1.807) is 48.5 Å². The highest BCUT2D eigenvalue weighted by atomic mass is 32.2. The molecule has 7 nitrogen and oxygen atoms in total. The second-order valence-electron chi connectivity index (χ2n) is 7.79. The van der Waals surface area contributed by atoms with Gasteiger partial charge in [-0.15, -0.1) is 0 Å². The van der Waals surface area contributed by atoms with Gasteiger partial charge < -0.3 is 5.11 Å². The van der Waals surface area contributed by atoms with Gasteiger partial charge in [-0.1, -0.05) is 47.5 Å². The maximum absolute atomic E-state index is 13.5. The third kappa shape index (κ3) is 3.76. The molecule has 1 aliphatic heterocycles. The van der Waals surface area contributed by atoms with Gasteiger partial charge in [0.1, 0.15) is 0 Å². The Morgan fingerprint density at radius 2 is 1.22 bits per heavy atom. The molecule has 9 heteroatoms. The van der Waals surface area contributed by atoms with Crippen molar-refractivity contribution < 1.29 is 21.9 Å². The number of hydrogen-bond donors (Lipinski definition) is 1. The molecule has 0 bridgehead atoms. The van der Waals surface area contributed by atoms with Crippen LogP contribution in [0.4, 0.5) is 11.4 Å². The number of sulfonamides is 2. The summed E-state index contributed by atoms with van der Waals surface area (Å²) in [7, 11) is -8.01. The van der Waals surface area contributed by atoms with Gasteiger partial charge in [-0.3, -0.25) is 8.61 Å². The normalized spacial score (nSPS) is 16.7. The molecule has 0 aromatic heterocycles. The van der Waals surface area contributed by atoms with Gasteiger partial charge >= 0.3 is 0 Å². The Morgan fingerprint density at radius 1 is 0.750 bits per heavy atom. The number of benzene rings is 3. The molecule has 0 saturated carbocycles. The monoisotopic (exact) mass is 472 g/mol. The van der Waals surface area contributed by atoms with Crippen LogP contribution in [0.15, 0.2) is 82.6 Å². The smallest absolute Gasteiger partial charge is 0.264 e. The van der Waals surface area contributed by atoms with Crippen LogP contribution in [0.5, 0.6) is 0 Å². The number of aryl methyl sites for hydroxylation is 2. The number of nitrogens with zero attached hydrogens (tertiary/aromatic N) is 2. The van der Waals surface area contributed by atoms with Crippen molar-refractivity contribution in [2.45, 2.75) is 29.7 Å². The van der Waals surface area contributed by atoms with Crippen molar-refractivity contribution >= 4 is 31.4 Å². The average Bonchev–Trinajstić information content (AvgIpc) is 2.78. The Balaban J connectivity index is 1.86. The molecule has 1 heterocycles. The van der Waals surface area contributed by atoms with E-state index in [1.807, 2.05) is 13.8 Å². The number of aliphatic hydroxyl groups is 1. The van der Waals surface area contributed by atoms with Gasteiger partial charge in [-0.2, -0.15) is 0 Å². The van der Waals surface area contributed by atoms with Crippen LogP contribution in [0, 0.1) is 13.8 Å². The van der Waals surface area contributed by atoms with Crippen molar-refractivity contribution in [2.75, 3.05) is 21.8 Å². The van der Waals surface area contributed by atoms with Crippen molar-refractivity contribution in [1.82, 2.24) is 0 Å². The quantitative estimate of drug-likeness (QED) is 0.616. The molecule has 168 valence electrons. The SMILES string of the molecule is Cc1ccc(S(=O)(=O)N2CC(CO)N(S(=O)(=O)c3ccc(C)cc3)c3ccccc32)cc1. The summed E-state index contributed by atoms with van der Waals surface area (Å²) in [6.45, 7) is 2.97. The van der Waals surface area contributed by atoms with Crippen LogP contribution in [0.25, 0.3) is 0 Å². The van der Waals surface area contributed by atoms with Crippen LogP contribution in [0.3, 0.4) is 0 Å². The fraction of sp³-hybridized carbons (Fsp3) is 0.217. The van der Waals surface area contributed by atoms with Crippen LogP contribution in [0.1, 0.15) is 11.1 Å². The van der Waals surface area contributed by atoms with Gasteiger partial charge in [0.2, 0.25) is 0 Å². The van der Waals surface area contributed by atoms with Crippen LogP contribution in [-0.4, -0.2) is 41.1 Å². The van der Waals surface area contributed by atoms with Crippen molar-refractivity contribution in [1.29, 1.82) is 0 Å². The summed E-state index contributed by atoms with van der Waals surface area (Å²) < 4.78 is 56.3. The van der Waals surface area contributed by atoms with E-state index in [0.717, 1.165) is 15.4 Å². The zero-order valence-electron chi connectivity index (χ0n) is 17.7. The average molecular weight is 473 g/mol. The fourth-order valence-corrected chi connectivity index (χ4v) is 6.93. The third-order valence-corrected chi connectivity index (χ3v) is 9.17. The van der Waals surface area contributed by atoms with E-state index >= 15 is 0 Å². The van der Waals surface area contributed by atoms with Gasteiger partial charge in [0, 0.05) is 0 Å². The molecule has 1 N–H and O–H groups in total. The molecule has 3 aromatic carbocycles. The number of para-hydroxylation sites is 2. The number of fused-ring (bicyclic) bond motifs is 1. The lowest BCUT2D eigenvalue weighted by Gasteiger charge is -2.42. The Morgan fingerprint density at radius 3 is 1.72 bits per heavy atom. The minimum absolute atomic E-state index is 0.0752. The number of rotatable bonds is 5. The first-order valence-electron chi connectivity index (χ1n) is 10.1. The van der Waals surface area contributed by atoms with Crippen LogP contribution in [-0.2, 0) is 20.0 Å². The van der Waals surface area contributed by atoms with E-state index in [-0.39, 0.29) is 27.7 Å². The van der Waals surface area contributed by atoms with Gasteiger partial charge in [-0.05, 0) is 50.2 Å². The van der Waals surface area contributed by atoms with Crippen molar-refractivity contribution in [2.24, 2.45) is 0 Å². The highest BCUT2D eigenvalue weighted by molar-refractivity contribution is 7.93. The largest absolute Gasteiger partial charge is 0.394 e. The Kier molecular flexibility index (Phi) is 5.74. The number of anilines is 2. The van der Waals surface area contributed by atoms with E-state index in [2.05, 4.69) is 0 Å². The van der Waals surface area contributed by atoms with Gasteiger partial charge in [-0.25, -0.2) is 16.8 Å². The topological polar surface area (TPSA) is 95.0 Å². The molecule has 4 rings (SSSR count). The lowest BCUT2D eigenvalue weighted by atomic mass is 10.1. The maximum atomic E-state index is 13.5. The first-order valence-corrected chi connectivity index (χ1v) is 12.9. The van der Waals surface area contributed by atoms with Crippen molar-refractivity contribution in [3.8, 4) is 0 Å². The summed E-state index contributed by atoms with van der Waals surface area (Å²) in [6.07, 6.45) is 0. The summed E-state index contributed by atoms with van der Waals surface area (Å²) >= 11 is 0. The first-order chi connectivity index (χ1) is 15.2. The number of hydrogen-bond acceptors (Lipinski definition) is 5. The summed E-state index contributed by atoms with van der Waals surface area (Å²) in [5, 5.41) is 10.1. The Labute approximate surface area is 188 Å². The third-order valence-electron chi connectivity index (χ3n) is 5.49. The zero-order chi connectivity index (χ0) is 23.1. The van der Waals surface area contributed by atoms with Crippen LogP contribution in [0.2, 0.25) is 0 Å². The lowest BCUT2D eigenvalue weighted by Crippen LogP contribution is -2.54. The molecule has 3 aromatic rings. The molecule has 32 heavy (non-hydrogen) atoms. The van der Waals surface area contributed by atoms with Gasteiger partial charge in [0.25, 0.3) is 20.0 Å². The summed E-state index contributed by atoms with van der Waals surface area (Å²) in [5.41, 5.74) is 2.28. The van der Waals surface area contributed by atoms with E-state index in [0.29, 0.717) is 0 Å². The van der Waals surface area contributed by atoms with E-state index in [4.69, 9.17) is 0 Å². The lowest BCUT2D eigenvalue weighted by molar-refractivity contribution is 0.268. The van der Waals surface area contributed by atoms with Gasteiger partial charge in [0.05, 0.1) is 40.4 Å². The van der Waals surface area contributed by atoms with E-state index in [9.17, 15) is 21.9 Å². The predicted molar refractivity (Wildman–Crippen MR) is 124 cm³/mol. The molecule has 0 aliphatic carbocycles. The minimum Gasteiger partial charge on any atom is -0.394 e. The van der Waals surface area contributed by atoms with Crippen LogP contribution < -0.4 is 8.61 Å². The van der Waals surface area contributed by atoms with Crippen molar-refractivity contribution in [3.63, 3.8) is 0 Å². The Hall–Kier alpha value is -2.88. The van der Waals surface area contributed by atoms with E-state index < -0.39 is 32.7 Å². The molecule has 0 saturated heterocycles. The molecule has 0 radical (unpaired) electrons. The van der Waals surface area contributed by atoms with E-state index in [1.165, 1.54) is 28.6 Å². The highest BCUT2D eigenvalue weighted by Gasteiger charge is 2.42. The maximum Gasteiger partial charge on any atom is 0.264 e. The summed E-state index contributed by atoms with van der Waals surface area (Å²) in [4.78, 5) is 0.177. The standard InChI is InChI=1S/C23H24N2O5S2/c1-17-7-11-20(12-8-17)31(27,28)24-15-19(16-26)25(23-6-4-3-5-22(23)24)32(29,30)21-13-9-18(2)10-14-21/h3-14,19,26H,15-16H2,1-2H3. The predicted octanol–water partition coefficient (Wildman–Crippen LogP) is 3.07. The summed E-state index contributed by atoms with van der Waals surface area (Å²) in [6, 6.07) is 18.3. The first kappa shape index (κ1) is 22.3. The minimum atomic E-state index is -4.04. The molecule has 0 fully saturated rings. The molecule has 0 spiro atoms. The molecular weight excluding hydrogens is 448 g/mol. The highest BCUT2D eigenvalue weighted by Crippen LogP contribution is 2.41. The van der Waals surface area contributed by atoms with Gasteiger partial charge in [0.15, 0.2) is 0 Å². The molecule has 1 atom stereocenters. The summed E-state index contributed by atoms with van der Waals surface area (Å²) in [5.74, 6) is 0.